The van der Waals surface area contributed by atoms with E-state index in [9.17, 15) is 0 Å². The first-order valence-electron chi connectivity index (χ1n) is 6.42. The zero-order valence-electron chi connectivity index (χ0n) is 11.4. The van der Waals surface area contributed by atoms with E-state index in [4.69, 9.17) is 5.73 Å². The van der Waals surface area contributed by atoms with Crippen LogP contribution in [-0.2, 0) is 6.54 Å². The summed E-state index contributed by atoms with van der Waals surface area (Å²) < 4.78 is 2.61. The molecule has 4 nitrogen and oxygen atoms in total. The maximum Gasteiger partial charge on any atom is 0.155 e. The third-order valence-electron chi connectivity index (χ3n) is 3.34. The molecular weight excluding hydrogens is 316 g/mol. The highest BCUT2D eigenvalue weighted by Gasteiger charge is 2.11. The van der Waals surface area contributed by atoms with Crippen molar-refractivity contribution >= 4 is 21.6 Å². The van der Waals surface area contributed by atoms with Gasteiger partial charge in [-0.15, -0.1) is 0 Å². The smallest absolute Gasteiger partial charge is 0.155 e. The number of benzene rings is 1. The summed E-state index contributed by atoms with van der Waals surface area (Å²) in [5, 5.41) is 4.66. The Bertz CT molecular complexity index is 792. The predicted molar refractivity (Wildman–Crippen MR) is 83.5 cm³/mol. The molecule has 1 aromatic carbocycles. The van der Waals surface area contributed by atoms with Crippen molar-refractivity contribution in [2.24, 2.45) is 5.73 Å². The fourth-order valence-electron chi connectivity index (χ4n) is 2.33. The van der Waals surface area contributed by atoms with E-state index in [-0.39, 0.29) is 0 Å². The lowest BCUT2D eigenvalue weighted by atomic mass is 10.0. The Morgan fingerprint density at radius 3 is 2.70 bits per heavy atom. The summed E-state index contributed by atoms with van der Waals surface area (Å²) >= 11 is 3.51. The first-order chi connectivity index (χ1) is 9.60. The van der Waals surface area contributed by atoms with Crippen molar-refractivity contribution in [2.75, 3.05) is 0 Å². The number of rotatable bonds is 2. The first-order valence-corrected chi connectivity index (χ1v) is 7.21. The number of imidazole rings is 1. The quantitative estimate of drug-likeness (QED) is 0.784. The van der Waals surface area contributed by atoms with Crippen LogP contribution in [0.15, 0.2) is 34.9 Å². The molecule has 3 aromatic rings. The van der Waals surface area contributed by atoms with Crippen molar-refractivity contribution in [1.29, 1.82) is 0 Å². The molecule has 0 bridgehead atoms. The lowest BCUT2D eigenvalue weighted by Gasteiger charge is -2.07. The van der Waals surface area contributed by atoms with Crippen LogP contribution in [0.1, 0.15) is 16.8 Å². The van der Waals surface area contributed by atoms with E-state index in [1.54, 1.807) is 4.52 Å². The molecule has 5 heteroatoms. The fourth-order valence-corrected chi connectivity index (χ4v) is 2.84. The third-order valence-corrected chi connectivity index (χ3v) is 4.13. The number of nitrogens with zero attached hydrogens (tertiary/aromatic N) is 3. The van der Waals surface area contributed by atoms with Crippen LogP contribution in [0.2, 0.25) is 0 Å². The van der Waals surface area contributed by atoms with Crippen LogP contribution in [0.5, 0.6) is 0 Å². The van der Waals surface area contributed by atoms with Crippen LogP contribution in [0.4, 0.5) is 0 Å². The van der Waals surface area contributed by atoms with Crippen LogP contribution in [0.3, 0.4) is 0 Å². The standard InChI is InChI=1S/C15H15BrN4/c1-9-3-4-11(10(2)7-9)12-5-6-14-18-13(8-17)15(16)20(14)19-12/h3-7H,8,17H2,1-2H3. The van der Waals surface area contributed by atoms with Gasteiger partial charge in [0.2, 0.25) is 0 Å². The molecular formula is C15H15BrN4. The number of halogens is 1. The summed E-state index contributed by atoms with van der Waals surface area (Å²) in [5.41, 5.74) is 11.8. The molecule has 0 atom stereocenters. The van der Waals surface area contributed by atoms with Crippen LogP contribution < -0.4 is 5.73 Å². The van der Waals surface area contributed by atoms with Crippen molar-refractivity contribution < 1.29 is 0 Å². The molecule has 0 aliphatic heterocycles. The lowest BCUT2D eigenvalue weighted by Crippen LogP contribution is -1.98. The molecule has 0 spiro atoms. The largest absolute Gasteiger partial charge is 0.325 e. The van der Waals surface area contributed by atoms with E-state index in [1.807, 2.05) is 12.1 Å². The van der Waals surface area contributed by atoms with Gasteiger partial charge in [-0.2, -0.15) is 5.10 Å². The molecule has 0 saturated carbocycles. The van der Waals surface area contributed by atoms with E-state index in [1.165, 1.54) is 11.1 Å². The second kappa shape index (κ2) is 5.00. The van der Waals surface area contributed by atoms with Gasteiger partial charge in [0.15, 0.2) is 5.65 Å². The number of hydrogen-bond acceptors (Lipinski definition) is 3. The van der Waals surface area contributed by atoms with Gasteiger partial charge < -0.3 is 5.73 Å². The fraction of sp³-hybridized carbons (Fsp3) is 0.200. The zero-order valence-corrected chi connectivity index (χ0v) is 13.0. The SMILES string of the molecule is Cc1ccc(-c2ccc3nc(CN)c(Br)n3n2)c(C)c1. The van der Waals surface area contributed by atoms with Crippen LogP contribution in [0.25, 0.3) is 16.9 Å². The van der Waals surface area contributed by atoms with Gasteiger partial charge in [-0.05, 0) is 47.5 Å². The van der Waals surface area contributed by atoms with Gasteiger partial charge in [0, 0.05) is 12.1 Å². The normalized spacial score (nSPS) is 11.2. The van der Waals surface area contributed by atoms with Crippen LogP contribution >= 0.6 is 15.9 Å². The van der Waals surface area contributed by atoms with Crippen molar-refractivity contribution in [1.82, 2.24) is 14.6 Å². The molecule has 2 aromatic heterocycles. The molecule has 0 radical (unpaired) electrons. The Labute approximate surface area is 125 Å². The van der Waals surface area contributed by atoms with Gasteiger partial charge >= 0.3 is 0 Å². The van der Waals surface area contributed by atoms with Crippen molar-refractivity contribution in [3.05, 3.63) is 51.8 Å². The van der Waals surface area contributed by atoms with Gasteiger partial charge in [-0.3, -0.25) is 0 Å². The average Bonchev–Trinajstić information content (AvgIpc) is 2.75. The maximum absolute atomic E-state index is 5.67. The van der Waals surface area contributed by atoms with Crippen molar-refractivity contribution in [3.8, 4) is 11.3 Å². The highest BCUT2D eigenvalue weighted by molar-refractivity contribution is 9.10. The van der Waals surface area contributed by atoms with E-state index in [2.05, 4.69) is 58.1 Å². The minimum absolute atomic E-state index is 0.392. The third kappa shape index (κ3) is 2.13. The van der Waals surface area contributed by atoms with E-state index < -0.39 is 0 Å². The van der Waals surface area contributed by atoms with Crippen LogP contribution in [-0.4, -0.2) is 14.6 Å². The maximum atomic E-state index is 5.67. The van der Waals surface area contributed by atoms with Gasteiger partial charge in [0.25, 0.3) is 0 Å². The number of hydrogen-bond donors (Lipinski definition) is 1. The predicted octanol–water partition coefficient (Wildman–Crippen LogP) is 3.23. The Kier molecular flexibility index (Phi) is 3.31. The monoisotopic (exact) mass is 330 g/mol. The Hall–Kier alpha value is -1.72. The number of fused-ring (bicyclic) bond motifs is 1. The van der Waals surface area contributed by atoms with E-state index in [0.29, 0.717) is 6.54 Å². The summed E-state index contributed by atoms with van der Waals surface area (Å²) in [6.07, 6.45) is 0. The second-order valence-electron chi connectivity index (χ2n) is 4.86. The minimum atomic E-state index is 0.392. The second-order valence-corrected chi connectivity index (χ2v) is 5.61. The van der Waals surface area contributed by atoms with Gasteiger partial charge in [0.05, 0.1) is 11.4 Å². The minimum Gasteiger partial charge on any atom is -0.325 e. The molecule has 0 aliphatic carbocycles. The van der Waals surface area contributed by atoms with E-state index >= 15 is 0 Å². The molecule has 20 heavy (non-hydrogen) atoms. The zero-order chi connectivity index (χ0) is 14.3. The molecule has 0 unspecified atom stereocenters. The Morgan fingerprint density at radius 2 is 2.00 bits per heavy atom. The average molecular weight is 331 g/mol. The van der Waals surface area contributed by atoms with Crippen molar-refractivity contribution in [3.63, 3.8) is 0 Å². The lowest BCUT2D eigenvalue weighted by molar-refractivity contribution is 0.908. The Balaban J connectivity index is 2.19. The summed E-state index contributed by atoms with van der Waals surface area (Å²) in [7, 11) is 0. The topological polar surface area (TPSA) is 56.2 Å². The molecule has 0 saturated heterocycles. The van der Waals surface area contributed by atoms with Gasteiger partial charge in [-0.25, -0.2) is 9.50 Å². The highest BCUT2D eigenvalue weighted by atomic mass is 79.9. The summed E-state index contributed by atoms with van der Waals surface area (Å²) in [6, 6.07) is 10.3. The first kappa shape index (κ1) is 13.3. The van der Waals surface area contributed by atoms with Gasteiger partial charge in [-0.1, -0.05) is 23.8 Å². The molecule has 0 amide bonds. The molecule has 2 N–H and O–H groups in total. The summed E-state index contributed by atoms with van der Waals surface area (Å²) in [6.45, 7) is 4.58. The number of nitrogens with two attached hydrogens (primary N) is 1. The van der Waals surface area contributed by atoms with Gasteiger partial charge in [0.1, 0.15) is 4.60 Å². The molecule has 102 valence electrons. The number of aryl methyl sites for hydroxylation is 2. The van der Waals surface area contributed by atoms with Crippen molar-refractivity contribution in [2.45, 2.75) is 20.4 Å². The molecule has 0 fully saturated rings. The summed E-state index contributed by atoms with van der Waals surface area (Å²) in [5.74, 6) is 0. The highest BCUT2D eigenvalue weighted by Crippen LogP contribution is 2.24. The molecule has 3 rings (SSSR count). The van der Waals surface area contributed by atoms with E-state index in [0.717, 1.165) is 27.2 Å². The van der Waals surface area contributed by atoms with Crippen LogP contribution in [0, 0.1) is 13.8 Å². The number of aromatic nitrogens is 3. The summed E-state index contributed by atoms with van der Waals surface area (Å²) in [4.78, 5) is 4.43. The Morgan fingerprint density at radius 1 is 1.20 bits per heavy atom. The molecule has 2 heterocycles. The molecule has 0 aliphatic rings.